The van der Waals surface area contributed by atoms with E-state index in [1.165, 1.54) is 12.1 Å². The Labute approximate surface area is 132 Å². The lowest BCUT2D eigenvalue weighted by Crippen LogP contribution is -2.09. The third-order valence-corrected chi connectivity index (χ3v) is 3.63. The predicted molar refractivity (Wildman–Crippen MR) is 88.6 cm³/mol. The number of anilines is 1. The van der Waals surface area contributed by atoms with Gasteiger partial charge in [0.1, 0.15) is 11.6 Å². The molecule has 0 spiro atoms. The second-order valence-corrected chi connectivity index (χ2v) is 5.91. The molecule has 4 heteroatoms. The molecule has 0 bridgehead atoms. The van der Waals surface area contributed by atoms with Crippen molar-refractivity contribution in [2.45, 2.75) is 26.5 Å². The standard InChI is InChI=1S/C16H17FINO/c1-11(2)20-16-6-4-3-5-12(16)10-19-15-8-7-13(17)9-14(15)18/h3-9,11,19H,10H2,1-2H3. The van der Waals surface area contributed by atoms with Gasteiger partial charge >= 0.3 is 0 Å². The Morgan fingerprint density at radius 1 is 1.20 bits per heavy atom. The molecule has 106 valence electrons. The van der Waals surface area contributed by atoms with Crippen molar-refractivity contribution >= 4 is 28.3 Å². The number of para-hydroxylation sites is 1. The van der Waals surface area contributed by atoms with Gasteiger partial charge in [-0.3, -0.25) is 0 Å². The van der Waals surface area contributed by atoms with Gasteiger partial charge in [0.15, 0.2) is 0 Å². The lowest BCUT2D eigenvalue weighted by molar-refractivity contribution is 0.240. The van der Waals surface area contributed by atoms with Crippen LogP contribution in [0.4, 0.5) is 10.1 Å². The number of nitrogens with one attached hydrogen (secondary N) is 1. The van der Waals surface area contributed by atoms with Crippen molar-refractivity contribution in [3.05, 3.63) is 57.4 Å². The number of halogens is 2. The van der Waals surface area contributed by atoms with Gasteiger partial charge in [-0.25, -0.2) is 4.39 Å². The minimum atomic E-state index is -0.219. The number of benzene rings is 2. The smallest absolute Gasteiger partial charge is 0.124 e. The van der Waals surface area contributed by atoms with Crippen LogP contribution in [0.3, 0.4) is 0 Å². The van der Waals surface area contributed by atoms with Gasteiger partial charge in [-0.1, -0.05) is 18.2 Å². The summed E-state index contributed by atoms with van der Waals surface area (Å²) in [6.45, 7) is 4.66. The minimum Gasteiger partial charge on any atom is -0.491 e. The minimum absolute atomic E-state index is 0.141. The summed E-state index contributed by atoms with van der Waals surface area (Å²) in [6.07, 6.45) is 0.141. The van der Waals surface area contributed by atoms with Crippen LogP contribution in [0.1, 0.15) is 19.4 Å². The molecule has 0 aliphatic carbocycles. The topological polar surface area (TPSA) is 21.3 Å². The van der Waals surface area contributed by atoms with Crippen LogP contribution < -0.4 is 10.1 Å². The zero-order valence-electron chi connectivity index (χ0n) is 11.5. The van der Waals surface area contributed by atoms with Crippen LogP contribution in [0, 0.1) is 9.39 Å². The van der Waals surface area contributed by atoms with E-state index < -0.39 is 0 Å². The molecular formula is C16H17FINO. The van der Waals surface area contributed by atoms with E-state index in [1.54, 1.807) is 6.07 Å². The van der Waals surface area contributed by atoms with Gasteiger partial charge in [0, 0.05) is 21.4 Å². The molecule has 0 heterocycles. The van der Waals surface area contributed by atoms with E-state index >= 15 is 0 Å². The van der Waals surface area contributed by atoms with Crippen LogP contribution in [-0.2, 0) is 6.54 Å². The van der Waals surface area contributed by atoms with Crippen molar-refractivity contribution < 1.29 is 9.13 Å². The van der Waals surface area contributed by atoms with E-state index in [-0.39, 0.29) is 11.9 Å². The third-order valence-electron chi connectivity index (χ3n) is 2.74. The van der Waals surface area contributed by atoms with Crippen LogP contribution in [-0.4, -0.2) is 6.10 Å². The van der Waals surface area contributed by atoms with Gasteiger partial charge in [0.05, 0.1) is 6.10 Å². The Hall–Kier alpha value is -1.30. The molecule has 0 fully saturated rings. The molecular weight excluding hydrogens is 368 g/mol. The van der Waals surface area contributed by atoms with Crippen molar-refractivity contribution in [1.29, 1.82) is 0 Å². The number of ether oxygens (including phenoxy) is 1. The summed E-state index contributed by atoms with van der Waals surface area (Å²) >= 11 is 2.12. The first-order valence-corrected chi connectivity index (χ1v) is 7.57. The molecule has 2 nitrogen and oxygen atoms in total. The van der Waals surface area contributed by atoms with E-state index in [1.807, 2.05) is 38.1 Å². The van der Waals surface area contributed by atoms with E-state index in [4.69, 9.17) is 4.74 Å². The van der Waals surface area contributed by atoms with E-state index in [0.717, 1.165) is 20.6 Å². The maximum Gasteiger partial charge on any atom is 0.124 e. The molecule has 0 aliphatic heterocycles. The van der Waals surface area contributed by atoms with Gasteiger partial charge in [-0.2, -0.15) is 0 Å². The van der Waals surface area contributed by atoms with Gasteiger partial charge in [0.25, 0.3) is 0 Å². The van der Waals surface area contributed by atoms with Gasteiger partial charge in [0.2, 0.25) is 0 Å². The molecule has 2 aromatic carbocycles. The Balaban J connectivity index is 2.10. The van der Waals surface area contributed by atoms with Crippen molar-refractivity contribution in [2.24, 2.45) is 0 Å². The largest absolute Gasteiger partial charge is 0.491 e. The van der Waals surface area contributed by atoms with Crippen molar-refractivity contribution in [1.82, 2.24) is 0 Å². The van der Waals surface area contributed by atoms with E-state index in [9.17, 15) is 4.39 Å². The Morgan fingerprint density at radius 3 is 2.65 bits per heavy atom. The highest BCUT2D eigenvalue weighted by molar-refractivity contribution is 14.1. The van der Waals surface area contributed by atoms with Gasteiger partial charge in [-0.15, -0.1) is 0 Å². The first-order chi connectivity index (χ1) is 9.56. The van der Waals surface area contributed by atoms with Crippen molar-refractivity contribution in [3.8, 4) is 5.75 Å². The Kier molecular flexibility index (Phi) is 5.23. The maximum atomic E-state index is 13.1. The van der Waals surface area contributed by atoms with E-state index in [2.05, 4.69) is 27.9 Å². The van der Waals surface area contributed by atoms with Crippen LogP contribution in [0.25, 0.3) is 0 Å². The fourth-order valence-electron chi connectivity index (χ4n) is 1.84. The quantitative estimate of drug-likeness (QED) is 0.745. The highest BCUT2D eigenvalue weighted by Gasteiger charge is 2.06. The molecule has 0 amide bonds. The second-order valence-electron chi connectivity index (χ2n) is 4.75. The monoisotopic (exact) mass is 385 g/mol. The molecule has 2 rings (SSSR count). The molecule has 0 saturated carbocycles. The molecule has 20 heavy (non-hydrogen) atoms. The average Bonchev–Trinajstić information content (AvgIpc) is 2.39. The lowest BCUT2D eigenvalue weighted by Gasteiger charge is -2.15. The summed E-state index contributed by atoms with van der Waals surface area (Å²) in [5.41, 5.74) is 2.01. The number of hydrogen-bond acceptors (Lipinski definition) is 2. The molecule has 0 atom stereocenters. The van der Waals surface area contributed by atoms with E-state index in [0.29, 0.717) is 6.54 Å². The lowest BCUT2D eigenvalue weighted by atomic mass is 10.2. The fraction of sp³-hybridized carbons (Fsp3) is 0.250. The molecule has 0 aromatic heterocycles. The molecule has 1 N–H and O–H groups in total. The SMILES string of the molecule is CC(C)Oc1ccccc1CNc1ccc(F)cc1I. The first kappa shape index (κ1) is 15.1. The van der Waals surface area contributed by atoms with Gasteiger partial charge in [-0.05, 0) is 60.7 Å². The highest BCUT2D eigenvalue weighted by atomic mass is 127. The zero-order valence-corrected chi connectivity index (χ0v) is 13.6. The highest BCUT2D eigenvalue weighted by Crippen LogP contribution is 2.23. The van der Waals surface area contributed by atoms with Gasteiger partial charge < -0.3 is 10.1 Å². The van der Waals surface area contributed by atoms with Crippen LogP contribution in [0.15, 0.2) is 42.5 Å². The summed E-state index contributed by atoms with van der Waals surface area (Å²) < 4.78 is 19.7. The molecule has 0 radical (unpaired) electrons. The number of rotatable bonds is 5. The average molecular weight is 385 g/mol. The third kappa shape index (κ3) is 4.10. The molecule has 2 aromatic rings. The Morgan fingerprint density at radius 2 is 1.95 bits per heavy atom. The summed E-state index contributed by atoms with van der Waals surface area (Å²) in [5.74, 6) is 0.663. The summed E-state index contributed by atoms with van der Waals surface area (Å²) in [6, 6.07) is 12.7. The molecule has 0 unspecified atom stereocenters. The Bertz CT molecular complexity index is 586. The summed E-state index contributed by atoms with van der Waals surface area (Å²) in [5, 5.41) is 3.32. The van der Waals surface area contributed by atoms with Crippen molar-refractivity contribution in [2.75, 3.05) is 5.32 Å². The fourth-order valence-corrected chi connectivity index (χ4v) is 2.51. The molecule has 0 saturated heterocycles. The van der Waals surface area contributed by atoms with Crippen LogP contribution >= 0.6 is 22.6 Å². The van der Waals surface area contributed by atoms with Crippen molar-refractivity contribution in [3.63, 3.8) is 0 Å². The predicted octanol–water partition coefficient (Wildman–Crippen LogP) is 4.83. The summed E-state index contributed by atoms with van der Waals surface area (Å²) in [7, 11) is 0. The maximum absolute atomic E-state index is 13.1. The molecule has 0 aliphatic rings. The number of hydrogen-bond donors (Lipinski definition) is 1. The first-order valence-electron chi connectivity index (χ1n) is 6.49. The normalized spacial score (nSPS) is 10.7. The zero-order chi connectivity index (χ0) is 14.5. The van der Waals surface area contributed by atoms with Crippen LogP contribution in [0.5, 0.6) is 5.75 Å². The second kappa shape index (κ2) is 6.92. The summed E-state index contributed by atoms with van der Waals surface area (Å²) in [4.78, 5) is 0. The van der Waals surface area contributed by atoms with Crippen LogP contribution in [0.2, 0.25) is 0 Å².